The van der Waals surface area contributed by atoms with Gasteiger partial charge in [0.25, 0.3) is 0 Å². The third-order valence-corrected chi connectivity index (χ3v) is 5.25. The summed E-state index contributed by atoms with van der Waals surface area (Å²) in [6.07, 6.45) is 2.83. The predicted octanol–water partition coefficient (Wildman–Crippen LogP) is 4.67. The second-order valence-electron chi connectivity index (χ2n) is 7.55. The van der Waals surface area contributed by atoms with Gasteiger partial charge in [0, 0.05) is 17.3 Å². The highest BCUT2D eigenvalue weighted by molar-refractivity contribution is 6.31. The average molecular weight is 455 g/mol. The summed E-state index contributed by atoms with van der Waals surface area (Å²) in [4.78, 5) is 24.5. The minimum atomic E-state index is -0.442. The molecule has 0 atom stereocenters. The molecule has 166 valence electrons. The van der Waals surface area contributed by atoms with Crippen LogP contribution < -0.4 is 10.6 Å². The number of carbonyl (C=O) groups excluding carboxylic acids is 2. The van der Waals surface area contributed by atoms with Crippen molar-refractivity contribution in [2.45, 2.75) is 27.7 Å². The number of aromatic nitrogens is 2. The summed E-state index contributed by atoms with van der Waals surface area (Å²) in [5, 5.41) is 10.0. The van der Waals surface area contributed by atoms with Crippen LogP contribution in [0.15, 0.2) is 42.5 Å². The topological polar surface area (TPSA) is 76.0 Å². The minimum Gasteiger partial charge on any atom is -0.343 e. The van der Waals surface area contributed by atoms with E-state index in [1.165, 1.54) is 29.0 Å². The Labute approximate surface area is 191 Å². The van der Waals surface area contributed by atoms with E-state index >= 15 is 0 Å². The summed E-state index contributed by atoms with van der Waals surface area (Å²) in [7, 11) is 0. The van der Waals surface area contributed by atoms with Crippen molar-refractivity contribution < 1.29 is 14.0 Å². The first-order chi connectivity index (χ1) is 15.2. The SMILES string of the molecule is Cc1cc(C)c(NC(=O)CNC(=O)/C=C/c2c(C)nn(-c3ccc(F)cc3)c2Cl)c(C)c1. The first-order valence-corrected chi connectivity index (χ1v) is 10.4. The summed E-state index contributed by atoms with van der Waals surface area (Å²) in [5.74, 6) is -1.12. The van der Waals surface area contributed by atoms with E-state index in [0.29, 0.717) is 22.1 Å². The molecule has 3 aromatic rings. The number of carbonyl (C=O) groups is 2. The van der Waals surface area contributed by atoms with Crippen LogP contribution >= 0.6 is 11.6 Å². The molecular weight excluding hydrogens is 431 g/mol. The highest BCUT2D eigenvalue weighted by Crippen LogP contribution is 2.25. The number of anilines is 1. The zero-order valence-electron chi connectivity index (χ0n) is 18.3. The van der Waals surface area contributed by atoms with Crippen LogP contribution in [0.2, 0.25) is 5.15 Å². The maximum Gasteiger partial charge on any atom is 0.244 e. The molecular formula is C24H24ClFN4O2. The molecule has 2 N–H and O–H groups in total. The summed E-state index contributed by atoms with van der Waals surface area (Å²) in [6.45, 7) is 7.43. The monoisotopic (exact) mass is 454 g/mol. The van der Waals surface area contributed by atoms with E-state index in [1.807, 2.05) is 32.9 Å². The molecule has 8 heteroatoms. The Morgan fingerprint density at radius 3 is 2.34 bits per heavy atom. The summed E-state index contributed by atoms with van der Waals surface area (Å²) in [5.41, 5.74) is 5.56. The molecule has 0 unspecified atom stereocenters. The Hall–Kier alpha value is -3.45. The van der Waals surface area contributed by atoms with Gasteiger partial charge in [-0.15, -0.1) is 0 Å². The number of nitrogens with one attached hydrogen (secondary N) is 2. The van der Waals surface area contributed by atoms with E-state index < -0.39 is 5.91 Å². The summed E-state index contributed by atoms with van der Waals surface area (Å²) < 4.78 is 14.6. The number of amides is 2. The van der Waals surface area contributed by atoms with Crippen molar-refractivity contribution in [1.29, 1.82) is 0 Å². The van der Waals surface area contributed by atoms with Crippen LogP contribution in [0.1, 0.15) is 27.9 Å². The Bertz CT molecular complexity index is 1180. The van der Waals surface area contributed by atoms with Gasteiger partial charge >= 0.3 is 0 Å². The maximum absolute atomic E-state index is 13.2. The summed E-state index contributed by atoms with van der Waals surface area (Å²) in [6, 6.07) is 9.73. The first kappa shape index (κ1) is 23.2. The quantitative estimate of drug-likeness (QED) is 0.531. The van der Waals surface area contributed by atoms with Crippen molar-refractivity contribution in [2.24, 2.45) is 0 Å². The Morgan fingerprint density at radius 2 is 1.72 bits per heavy atom. The molecule has 0 aliphatic rings. The third kappa shape index (κ3) is 5.42. The molecule has 1 heterocycles. The number of nitrogens with zero attached hydrogens (tertiary/aromatic N) is 2. The average Bonchev–Trinajstić information content (AvgIpc) is 3.01. The standard InChI is InChI=1S/C24H24ClFN4O2/c1-14-11-15(2)23(16(3)12-14)28-22(32)13-27-21(31)10-9-20-17(4)29-30(24(20)25)19-7-5-18(26)6-8-19/h5-12H,13H2,1-4H3,(H,27,31)(H,28,32)/b10-9+. The van der Waals surface area contributed by atoms with Gasteiger partial charge in [0.05, 0.1) is 17.9 Å². The van der Waals surface area contributed by atoms with Gasteiger partial charge in [-0.1, -0.05) is 29.3 Å². The number of rotatable bonds is 6. The van der Waals surface area contributed by atoms with E-state index in [-0.39, 0.29) is 18.3 Å². The molecule has 3 rings (SSSR count). The van der Waals surface area contributed by atoms with Crippen molar-refractivity contribution in [2.75, 3.05) is 11.9 Å². The largest absolute Gasteiger partial charge is 0.343 e. The highest BCUT2D eigenvalue weighted by atomic mass is 35.5. The normalized spacial score (nSPS) is 11.1. The van der Waals surface area contributed by atoms with Crippen LogP contribution in [-0.4, -0.2) is 28.1 Å². The fourth-order valence-corrected chi connectivity index (χ4v) is 3.74. The zero-order chi connectivity index (χ0) is 23.4. The van der Waals surface area contributed by atoms with Gasteiger partial charge in [0.15, 0.2) is 0 Å². The molecule has 1 aromatic heterocycles. The Balaban J connectivity index is 1.62. The molecule has 32 heavy (non-hydrogen) atoms. The number of hydrogen-bond donors (Lipinski definition) is 2. The fourth-order valence-electron chi connectivity index (χ4n) is 3.40. The van der Waals surface area contributed by atoms with Gasteiger partial charge < -0.3 is 10.6 Å². The molecule has 0 bridgehead atoms. The van der Waals surface area contributed by atoms with E-state index in [9.17, 15) is 14.0 Å². The van der Waals surface area contributed by atoms with E-state index in [4.69, 9.17) is 11.6 Å². The Kier molecular flexibility index (Phi) is 7.10. The van der Waals surface area contributed by atoms with E-state index in [1.54, 1.807) is 19.1 Å². The molecule has 6 nitrogen and oxygen atoms in total. The van der Waals surface area contributed by atoms with Crippen LogP contribution in [-0.2, 0) is 9.59 Å². The number of halogens is 2. The van der Waals surface area contributed by atoms with Gasteiger partial charge in [-0.3, -0.25) is 9.59 Å². The Morgan fingerprint density at radius 1 is 1.09 bits per heavy atom. The molecule has 0 aliphatic heterocycles. The molecule has 0 aliphatic carbocycles. The van der Waals surface area contributed by atoms with Crippen LogP contribution in [0.5, 0.6) is 0 Å². The maximum atomic E-state index is 13.2. The number of benzene rings is 2. The van der Waals surface area contributed by atoms with E-state index in [0.717, 1.165) is 22.4 Å². The van der Waals surface area contributed by atoms with Crippen molar-refractivity contribution in [3.63, 3.8) is 0 Å². The van der Waals surface area contributed by atoms with Crippen LogP contribution in [0, 0.1) is 33.5 Å². The molecule has 0 radical (unpaired) electrons. The van der Waals surface area contributed by atoms with Gasteiger partial charge in [-0.25, -0.2) is 9.07 Å². The van der Waals surface area contributed by atoms with Gasteiger partial charge in [0.1, 0.15) is 11.0 Å². The number of hydrogen-bond acceptors (Lipinski definition) is 3. The molecule has 2 aromatic carbocycles. The zero-order valence-corrected chi connectivity index (χ0v) is 19.0. The lowest BCUT2D eigenvalue weighted by Gasteiger charge is -2.13. The lowest BCUT2D eigenvalue weighted by Crippen LogP contribution is -2.32. The van der Waals surface area contributed by atoms with Crippen LogP contribution in [0.4, 0.5) is 10.1 Å². The van der Waals surface area contributed by atoms with Gasteiger partial charge in [-0.05, 0) is 69.2 Å². The third-order valence-electron chi connectivity index (χ3n) is 4.89. The second kappa shape index (κ2) is 9.78. The molecule has 0 saturated carbocycles. The second-order valence-corrected chi connectivity index (χ2v) is 7.91. The van der Waals surface area contributed by atoms with Crippen molar-refractivity contribution >= 4 is 35.2 Å². The lowest BCUT2D eigenvalue weighted by molar-refractivity contribution is -0.121. The first-order valence-electron chi connectivity index (χ1n) is 10.0. The smallest absolute Gasteiger partial charge is 0.244 e. The number of aryl methyl sites for hydroxylation is 4. The fraction of sp³-hybridized carbons (Fsp3) is 0.208. The van der Waals surface area contributed by atoms with Crippen molar-refractivity contribution in [3.05, 3.63) is 81.4 Å². The van der Waals surface area contributed by atoms with Crippen molar-refractivity contribution in [3.8, 4) is 5.69 Å². The summed E-state index contributed by atoms with van der Waals surface area (Å²) >= 11 is 6.41. The van der Waals surface area contributed by atoms with Crippen LogP contribution in [0.3, 0.4) is 0 Å². The highest BCUT2D eigenvalue weighted by Gasteiger charge is 2.13. The van der Waals surface area contributed by atoms with Crippen molar-refractivity contribution in [1.82, 2.24) is 15.1 Å². The molecule has 0 fully saturated rings. The van der Waals surface area contributed by atoms with Crippen LogP contribution in [0.25, 0.3) is 11.8 Å². The van der Waals surface area contributed by atoms with Gasteiger partial charge in [0.2, 0.25) is 11.8 Å². The molecule has 0 saturated heterocycles. The van der Waals surface area contributed by atoms with E-state index in [2.05, 4.69) is 15.7 Å². The van der Waals surface area contributed by atoms with Gasteiger partial charge in [-0.2, -0.15) is 5.10 Å². The lowest BCUT2D eigenvalue weighted by atomic mass is 10.1. The predicted molar refractivity (Wildman–Crippen MR) is 125 cm³/mol. The molecule has 2 amide bonds. The minimum absolute atomic E-state index is 0.169. The molecule has 0 spiro atoms.